The summed E-state index contributed by atoms with van der Waals surface area (Å²) in [4.78, 5) is 15.1. The Balaban J connectivity index is 2.40. The van der Waals surface area contributed by atoms with E-state index in [4.69, 9.17) is 11.6 Å². The molecule has 1 fully saturated rings. The van der Waals surface area contributed by atoms with Gasteiger partial charge in [-0.1, -0.05) is 11.6 Å². The van der Waals surface area contributed by atoms with E-state index in [9.17, 15) is 13.2 Å². The lowest BCUT2D eigenvalue weighted by atomic mass is 10.4. The van der Waals surface area contributed by atoms with Gasteiger partial charge in [-0.25, -0.2) is 13.4 Å². The van der Waals surface area contributed by atoms with Gasteiger partial charge in [0.25, 0.3) is 0 Å². The smallest absolute Gasteiger partial charge is 0.246 e. The van der Waals surface area contributed by atoms with E-state index in [1.807, 2.05) is 0 Å². The first-order valence-electron chi connectivity index (χ1n) is 5.49. The molecule has 6 nitrogen and oxygen atoms in total. The van der Waals surface area contributed by atoms with Crippen molar-refractivity contribution in [3.63, 3.8) is 0 Å². The number of carbonyl (C=O) groups is 1. The minimum atomic E-state index is -3.82. The van der Waals surface area contributed by atoms with E-state index in [2.05, 4.69) is 26.2 Å². The van der Waals surface area contributed by atoms with Gasteiger partial charge >= 0.3 is 0 Å². The number of pyridine rings is 1. The first-order chi connectivity index (χ1) is 8.91. The lowest BCUT2D eigenvalue weighted by Gasteiger charge is -2.19. The molecule has 0 aliphatic carbocycles. The summed E-state index contributed by atoms with van der Waals surface area (Å²) >= 11 is 9.00. The third-order valence-electron chi connectivity index (χ3n) is 2.62. The highest BCUT2D eigenvalue weighted by molar-refractivity contribution is 9.10. The molecule has 0 aromatic carbocycles. The first-order valence-corrected chi connectivity index (χ1v) is 8.10. The second kappa shape index (κ2) is 5.74. The number of nitrogens with zero attached hydrogens (tertiary/aromatic N) is 2. The van der Waals surface area contributed by atoms with E-state index in [1.165, 1.54) is 12.3 Å². The van der Waals surface area contributed by atoms with Gasteiger partial charge in [0.1, 0.15) is 10.0 Å². The highest BCUT2D eigenvalue weighted by atomic mass is 79.9. The second-order valence-corrected chi connectivity index (χ2v) is 7.16. The van der Waals surface area contributed by atoms with Crippen LogP contribution in [0.4, 0.5) is 0 Å². The monoisotopic (exact) mass is 367 g/mol. The van der Waals surface area contributed by atoms with Gasteiger partial charge in [0.2, 0.25) is 15.9 Å². The van der Waals surface area contributed by atoms with Crippen LogP contribution in [0.5, 0.6) is 0 Å². The number of amides is 1. The van der Waals surface area contributed by atoms with Crippen LogP contribution in [0.3, 0.4) is 0 Å². The van der Waals surface area contributed by atoms with Crippen LogP contribution in [0, 0.1) is 0 Å². The Morgan fingerprint density at radius 1 is 1.47 bits per heavy atom. The van der Waals surface area contributed by atoms with Crippen LogP contribution in [-0.4, -0.2) is 43.2 Å². The van der Waals surface area contributed by atoms with E-state index in [0.717, 1.165) is 4.31 Å². The normalized spacial score (nSPS) is 17.9. The zero-order valence-electron chi connectivity index (χ0n) is 9.77. The fourth-order valence-corrected chi connectivity index (χ4v) is 4.06. The average molecular weight is 369 g/mol. The first kappa shape index (κ1) is 14.7. The highest BCUT2D eigenvalue weighted by Crippen LogP contribution is 2.26. The van der Waals surface area contributed by atoms with Gasteiger partial charge in [0, 0.05) is 23.8 Å². The number of nitrogens with one attached hydrogen (secondary N) is 1. The molecular weight excluding hydrogens is 358 g/mol. The number of aromatic nitrogens is 1. The SMILES string of the molecule is O=C1CN(S(=O)(=O)c2cc(Br)cnc2Cl)CCCN1. The van der Waals surface area contributed by atoms with Crippen molar-refractivity contribution in [2.75, 3.05) is 19.6 Å². The van der Waals surface area contributed by atoms with Crippen molar-refractivity contribution in [1.29, 1.82) is 0 Å². The molecule has 1 amide bonds. The zero-order valence-corrected chi connectivity index (χ0v) is 12.9. The van der Waals surface area contributed by atoms with Crippen LogP contribution in [0.2, 0.25) is 5.15 Å². The molecular formula is C10H11BrClN3O3S. The molecule has 2 rings (SSSR count). The summed E-state index contributed by atoms with van der Waals surface area (Å²) in [6, 6.07) is 1.38. The van der Waals surface area contributed by atoms with Gasteiger partial charge in [0.05, 0.1) is 6.54 Å². The Morgan fingerprint density at radius 2 is 2.21 bits per heavy atom. The predicted molar refractivity (Wildman–Crippen MR) is 73.3 cm³/mol. The summed E-state index contributed by atoms with van der Waals surface area (Å²) in [5.41, 5.74) is 0. The van der Waals surface area contributed by atoms with Gasteiger partial charge in [-0.15, -0.1) is 0 Å². The van der Waals surface area contributed by atoms with Gasteiger partial charge in [-0.2, -0.15) is 4.31 Å². The van der Waals surface area contributed by atoms with Crippen molar-refractivity contribution in [2.24, 2.45) is 0 Å². The topological polar surface area (TPSA) is 79.4 Å². The fourth-order valence-electron chi connectivity index (χ4n) is 1.71. The molecule has 0 radical (unpaired) electrons. The highest BCUT2D eigenvalue weighted by Gasteiger charge is 2.30. The van der Waals surface area contributed by atoms with Crippen molar-refractivity contribution < 1.29 is 13.2 Å². The number of sulfonamides is 1. The van der Waals surface area contributed by atoms with Crippen LogP contribution in [0.15, 0.2) is 21.6 Å². The summed E-state index contributed by atoms with van der Waals surface area (Å²) in [6.07, 6.45) is 1.97. The quantitative estimate of drug-likeness (QED) is 0.790. The maximum atomic E-state index is 12.5. The maximum Gasteiger partial charge on any atom is 0.246 e. The van der Waals surface area contributed by atoms with E-state index in [-0.39, 0.29) is 29.0 Å². The van der Waals surface area contributed by atoms with Crippen molar-refractivity contribution in [3.05, 3.63) is 21.9 Å². The van der Waals surface area contributed by atoms with Gasteiger partial charge in [-0.3, -0.25) is 4.79 Å². The zero-order chi connectivity index (χ0) is 14.0. The van der Waals surface area contributed by atoms with Gasteiger partial charge in [-0.05, 0) is 28.4 Å². The molecule has 2 heterocycles. The van der Waals surface area contributed by atoms with E-state index in [0.29, 0.717) is 17.4 Å². The Kier molecular flexibility index (Phi) is 4.44. The van der Waals surface area contributed by atoms with E-state index >= 15 is 0 Å². The lowest BCUT2D eigenvalue weighted by Crippen LogP contribution is -2.37. The molecule has 0 saturated carbocycles. The molecule has 0 spiro atoms. The molecule has 1 aliphatic heterocycles. The molecule has 0 atom stereocenters. The summed E-state index contributed by atoms with van der Waals surface area (Å²) < 4.78 is 26.5. The molecule has 0 bridgehead atoms. The summed E-state index contributed by atoms with van der Waals surface area (Å²) in [7, 11) is -3.82. The van der Waals surface area contributed by atoms with Gasteiger partial charge < -0.3 is 5.32 Å². The van der Waals surface area contributed by atoms with Gasteiger partial charge in [0.15, 0.2) is 0 Å². The van der Waals surface area contributed by atoms with Crippen LogP contribution < -0.4 is 5.32 Å². The third kappa shape index (κ3) is 3.25. The van der Waals surface area contributed by atoms with Crippen molar-refractivity contribution >= 4 is 43.5 Å². The minimum Gasteiger partial charge on any atom is -0.355 e. The van der Waals surface area contributed by atoms with E-state index in [1.54, 1.807) is 0 Å². The average Bonchev–Trinajstić information content (AvgIpc) is 2.57. The number of halogens is 2. The Bertz CT molecular complexity index is 608. The van der Waals surface area contributed by atoms with Crippen LogP contribution in [-0.2, 0) is 14.8 Å². The minimum absolute atomic E-state index is 0.0989. The summed E-state index contributed by atoms with van der Waals surface area (Å²) in [5, 5.41) is 2.52. The molecule has 1 N–H and O–H groups in total. The molecule has 19 heavy (non-hydrogen) atoms. The molecule has 104 valence electrons. The molecule has 1 aliphatic rings. The molecule has 0 unspecified atom stereocenters. The molecule has 1 saturated heterocycles. The number of carbonyl (C=O) groups excluding carboxylic acids is 1. The lowest BCUT2D eigenvalue weighted by molar-refractivity contribution is -0.120. The largest absolute Gasteiger partial charge is 0.355 e. The third-order valence-corrected chi connectivity index (χ3v) is 5.32. The Morgan fingerprint density at radius 3 is 2.95 bits per heavy atom. The summed E-state index contributed by atoms with van der Waals surface area (Å²) in [6.45, 7) is 0.532. The Hall–Kier alpha value is -0.700. The number of hydrogen-bond acceptors (Lipinski definition) is 4. The predicted octanol–water partition coefficient (Wildman–Crippen LogP) is 1.01. The van der Waals surface area contributed by atoms with Crippen molar-refractivity contribution in [3.8, 4) is 0 Å². The summed E-state index contributed by atoms with van der Waals surface area (Å²) in [5.74, 6) is -0.319. The number of hydrogen-bond donors (Lipinski definition) is 1. The standard InChI is InChI=1S/C10H11BrClN3O3S/c11-7-4-8(10(12)14-5-7)19(17,18)15-3-1-2-13-9(16)6-15/h4-5H,1-3,6H2,(H,13,16). The Labute approximate surface area is 124 Å². The van der Waals surface area contributed by atoms with E-state index < -0.39 is 10.0 Å². The van der Waals surface area contributed by atoms with Crippen molar-refractivity contribution in [1.82, 2.24) is 14.6 Å². The fraction of sp³-hybridized carbons (Fsp3) is 0.400. The maximum absolute atomic E-state index is 12.5. The molecule has 1 aromatic rings. The van der Waals surface area contributed by atoms with Crippen LogP contribution >= 0.6 is 27.5 Å². The van der Waals surface area contributed by atoms with Crippen LogP contribution in [0.1, 0.15) is 6.42 Å². The second-order valence-electron chi connectivity index (χ2n) is 3.98. The van der Waals surface area contributed by atoms with Crippen LogP contribution in [0.25, 0.3) is 0 Å². The van der Waals surface area contributed by atoms with Crippen molar-refractivity contribution in [2.45, 2.75) is 11.3 Å². The number of rotatable bonds is 2. The molecule has 9 heteroatoms. The molecule has 1 aromatic heterocycles.